The standard InChI is InChI=1S/C30H48N2O/c1-21-15-23(3)27(24(4)16-21)19-29(7,11-9-13-31)33-30(8,12-10-14-32)20-28-25(5)17-22(2)18-26(28)6/h15-18H,9-14,19-20,31-32H2,1-8H3. The van der Waals surface area contributed by atoms with Crippen molar-refractivity contribution in [3.63, 3.8) is 0 Å². The molecule has 3 nitrogen and oxygen atoms in total. The van der Waals surface area contributed by atoms with Gasteiger partial charge in [0.15, 0.2) is 0 Å². The van der Waals surface area contributed by atoms with E-state index in [4.69, 9.17) is 16.2 Å². The fourth-order valence-corrected chi connectivity index (χ4v) is 5.62. The van der Waals surface area contributed by atoms with E-state index in [9.17, 15) is 0 Å². The summed E-state index contributed by atoms with van der Waals surface area (Å²) in [6, 6.07) is 9.16. The maximum absolute atomic E-state index is 7.21. The lowest BCUT2D eigenvalue weighted by atomic mass is 9.83. The lowest BCUT2D eigenvalue weighted by Crippen LogP contribution is -2.45. The van der Waals surface area contributed by atoms with E-state index in [2.05, 4.69) is 79.7 Å². The molecule has 0 heterocycles. The minimum absolute atomic E-state index is 0.292. The lowest BCUT2D eigenvalue weighted by Gasteiger charge is -2.42. The number of hydrogen-bond acceptors (Lipinski definition) is 3. The molecule has 0 fully saturated rings. The largest absolute Gasteiger partial charge is 0.368 e. The summed E-state index contributed by atoms with van der Waals surface area (Å²) in [6.45, 7) is 19.2. The van der Waals surface area contributed by atoms with Crippen LogP contribution in [0.3, 0.4) is 0 Å². The van der Waals surface area contributed by atoms with Crippen molar-refractivity contribution >= 4 is 0 Å². The Hall–Kier alpha value is -1.68. The average Bonchev–Trinajstić information content (AvgIpc) is 2.70. The number of rotatable bonds is 12. The van der Waals surface area contributed by atoms with Gasteiger partial charge in [-0.1, -0.05) is 35.4 Å². The molecular weight excluding hydrogens is 404 g/mol. The first-order chi connectivity index (χ1) is 15.4. The Morgan fingerprint density at radius 2 is 0.909 bits per heavy atom. The molecule has 33 heavy (non-hydrogen) atoms. The second-order valence-corrected chi connectivity index (χ2v) is 10.9. The SMILES string of the molecule is Cc1cc(C)c(CC(C)(CCCN)OC(C)(CCCN)Cc2c(C)cc(C)cc2C)c(C)c1. The fourth-order valence-electron chi connectivity index (χ4n) is 5.62. The molecule has 0 aliphatic carbocycles. The van der Waals surface area contributed by atoms with E-state index in [1.54, 1.807) is 0 Å². The van der Waals surface area contributed by atoms with Crippen LogP contribution in [0.5, 0.6) is 0 Å². The Bertz CT molecular complexity index is 813. The summed E-state index contributed by atoms with van der Waals surface area (Å²) in [5, 5.41) is 0. The zero-order chi connectivity index (χ0) is 24.8. The van der Waals surface area contributed by atoms with Gasteiger partial charge in [-0.3, -0.25) is 0 Å². The van der Waals surface area contributed by atoms with E-state index in [-0.39, 0.29) is 11.2 Å². The summed E-state index contributed by atoms with van der Waals surface area (Å²) in [5.41, 5.74) is 22.2. The van der Waals surface area contributed by atoms with Crippen molar-refractivity contribution in [3.8, 4) is 0 Å². The Morgan fingerprint density at radius 1 is 0.606 bits per heavy atom. The molecular formula is C30H48N2O. The third-order valence-electron chi connectivity index (χ3n) is 7.09. The molecule has 0 aliphatic rings. The predicted molar refractivity (Wildman–Crippen MR) is 143 cm³/mol. The van der Waals surface area contributed by atoms with Gasteiger partial charge in [-0.2, -0.15) is 0 Å². The van der Waals surface area contributed by atoms with Crippen LogP contribution < -0.4 is 11.5 Å². The maximum atomic E-state index is 7.21. The van der Waals surface area contributed by atoms with Crippen LogP contribution in [0, 0.1) is 41.5 Å². The van der Waals surface area contributed by atoms with Gasteiger partial charge in [-0.05, 0) is 128 Å². The number of benzene rings is 2. The van der Waals surface area contributed by atoms with Gasteiger partial charge >= 0.3 is 0 Å². The highest BCUT2D eigenvalue weighted by Gasteiger charge is 2.37. The molecule has 4 N–H and O–H groups in total. The van der Waals surface area contributed by atoms with Crippen molar-refractivity contribution < 1.29 is 4.74 Å². The predicted octanol–water partition coefficient (Wildman–Crippen LogP) is 6.33. The molecule has 3 heteroatoms. The van der Waals surface area contributed by atoms with Crippen molar-refractivity contribution in [3.05, 3.63) is 68.8 Å². The highest BCUT2D eigenvalue weighted by molar-refractivity contribution is 5.39. The van der Waals surface area contributed by atoms with Crippen LogP contribution in [-0.2, 0) is 17.6 Å². The quantitative estimate of drug-likeness (QED) is 0.395. The monoisotopic (exact) mass is 452 g/mol. The molecule has 2 atom stereocenters. The Kier molecular flexibility index (Phi) is 9.72. The molecule has 2 rings (SSSR count). The number of ether oxygens (including phenoxy) is 1. The molecule has 0 aliphatic heterocycles. The Morgan fingerprint density at radius 3 is 1.18 bits per heavy atom. The molecule has 184 valence electrons. The second-order valence-electron chi connectivity index (χ2n) is 10.9. The van der Waals surface area contributed by atoms with Gasteiger partial charge in [0.05, 0.1) is 11.2 Å². The number of nitrogens with two attached hydrogens (primary N) is 2. The van der Waals surface area contributed by atoms with E-state index in [1.807, 2.05) is 0 Å². The minimum Gasteiger partial charge on any atom is -0.368 e. The third kappa shape index (κ3) is 7.67. The van der Waals surface area contributed by atoms with Gasteiger partial charge in [-0.15, -0.1) is 0 Å². The van der Waals surface area contributed by atoms with Gasteiger partial charge in [0.1, 0.15) is 0 Å². The number of aryl methyl sites for hydroxylation is 6. The van der Waals surface area contributed by atoms with Crippen LogP contribution in [0.4, 0.5) is 0 Å². The molecule has 0 saturated carbocycles. The van der Waals surface area contributed by atoms with Crippen molar-refractivity contribution in [1.29, 1.82) is 0 Å². The molecule has 0 spiro atoms. The molecule has 2 aromatic carbocycles. The fraction of sp³-hybridized carbons (Fsp3) is 0.600. The van der Waals surface area contributed by atoms with Crippen LogP contribution in [0.2, 0.25) is 0 Å². The van der Waals surface area contributed by atoms with Crippen LogP contribution in [-0.4, -0.2) is 24.3 Å². The Labute approximate surface area is 203 Å². The van der Waals surface area contributed by atoms with Gasteiger partial charge < -0.3 is 16.2 Å². The minimum atomic E-state index is -0.292. The summed E-state index contributed by atoms with van der Waals surface area (Å²) in [6.07, 6.45) is 5.59. The first-order valence-corrected chi connectivity index (χ1v) is 12.7. The van der Waals surface area contributed by atoms with Gasteiger partial charge in [0.25, 0.3) is 0 Å². The highest BCUT2D eigenvalue weighted by atomic mass is 16.5. The molecule has 0 bridgehead atoms. The van der Waals surface area contributed by atoms with E-state index < -0.39 is 0 Å². The molecule has 0 radical (unpaired) electrons. The molecule has 2 unspecified atom stereocenters. The van der Waals surface area contributed by atoms with Crippen molar-refractivity contribution in [1.82, 2.24) is 0 Å². The maximum Gasteiger partial charge on any atom is 0.0702 e. The smallest absolute Gasteiger partial charge is 0.0702 e. The Balaban J connectivity index is 2.44. The summed E-state index contributed by atoms with van der Waals surface area (Å²) >= 11 is 0. The van der Waals surface area contributed by atoms with Gasteiger partial charge in [-0.25, -0.2) is 0 Å². The first kappa shape index (κ1) is 27.6. The molecule has 0 saturated heterocycles. The summed E-state index contributed by atoms with van der Waals surface area (Å²) < 4.78 is 7.21. The normalized spacial score (nSPS) is 15.3. The highest BCUT2D eigenvalue weighted by Crippen LogP contribution is 2.36. The van der Waals surface area contributed by atoms with E-state index in [0.717, 1.165) is 38.5 Å². The zero-order valence-electron chi connectivity index (χ0n) is 22.5. The topological polar surface area (TPSA) is 61.3 Å². The van der Waals surface area contributed by atoms with Crippen molar-refractivity contribution in [2.45, 2.75) is 105 Å². The molecule has 0 aromatic heterocycles. The third-order valence-corrected chi connectivity index (χ3v) is 7.09. The second kappa shape index (κ2) is 11.6. The van der Waals surface area contributed by atoms with Crippen molar-refractivity contribution in [2.75, 3.05) is 13.1 Å². The number of hydrogen-bond donors (Lipinski definition) is 2. The average molecular weight is 453 g/mol. The van der Waals surface area contributed by atoms with E-state index in [1.165, 1.54) is 44.5 Å². The van der Waals surface area contributed by atoms with E-state index >= 15 is 0 Å². The summed E-state index contributed by atoms with van der Waals surface area (Å²) in [5.74, 6) is 0. The summed E-state index contributed by atoms with van der Waals surface area (Å²) in [4.78, 5) is 0. The van der Waals surface area contributed by atoms with Crippen LogP contribution in [0.25, 0.3) is 0 Å². The van der Waals surface area contributed by atoms with E-state index in [0.29, 0.717) is 13.1 Å². The summed E-state index contributed by atoms with van der Waals surface area (Å²) in [7, 11) is 0. The first-order valence-electron chi connectivity index (χ1n) is 12.7. The van der Waals surface area contributed by atoms with Crippen LogP contribution >= 0.6 is 0 Å². The van der Waals surface area contributed by atoms with Gasteiger partial charge in [0, 0.05) is 12.8 Å². The van der Waals surface area contributed by atoms with Crippen molar-refractivity contribution in [2.24, 2.45) is 11.5 Å². The van der Waals surface area contributed by atoms with Crippen LogP contribution in [0.15, 0.2) is 24.3 Å². The molecule has 0 amide bonds. The lowest BCUT2D eigenvalue weighted by molar-refractivity contribution is -0.148. The van der Waals surface area contributed by atoms with Crippen LogP contribution in [0.1, 0.15) is 84.0 Å². The zero-order valence-corrected chi connectivity index (χ0v) is 22.5. The van der Waals surface area contributed by atoms with Gasteiger partial charge in [0.2, 0.25) is 0 Å². The molecule has 2 aromatic rings.